The van der Waals surface area contributed by atoms with Gasteiger partial charge in [-0.2, -0.15) is 0 Å². The summed E-state index contributed by atoms with van der Waals surface area (Å²) in [6.07, 6.45) is 1.46. The van der Waals surface area contributed by atoms with Gasteiger partial charge < -0.3 is 15.1 Å². The molecule has 0 spiro atoms. The maximum atomic E-state index is 5.48. The summed E-state index contributed by atoms with van der Waals surface area (Å²) in [6, 6.07) is 5.92. The standard InChI is InChI=1S/C10H13N3O/c1-13(5-4-11)8-2-3-10-9(6-8)12-7-14-10/h2-3,6-7H,4-5,11H2,1H3. The van der Waals surface area contributed by atoms with E-state index in [2.05, 4.69) is 9.88 Å². The molecule has 0 amide bonds. The van der Waals surface area contributed by atoms with Gasteiger partial charge in [0.05, 0.1) is 0 Å². The molecule has 0 aliphatic carbocycles. The monoisotopic (exact) mass is 191 g/mol. The van der Waals surface area contributed by atoms with Crippen LogP contribution < -0.4 is 10.6 Å². The number of anilines is 1. The van der Waals surface area contributed by atoms with Crippen molar-refractivity contribution >= 4 is 16.8 Å². The van der Waals surface area contributed by atoms with Crippen molar-refractivity contribution in [3.05, 3.63) is 24.6 Å². The van der Waals surface area contributed by atoms with Crippen molar-refractivity contribution in [3.8, 4) is 0 Å². The fraction of sp³-hybridized carbons (Fsp3) is 0.300. The number of aromatic nitrogens is 1. The van der Waals surface area contributed by atoms with Crippen LogP contribution in [0.25, 0.3) is 11.1 Å². The Kier molecular flexibility index (Phi) is 2.37. The molecule has 14 heavy (non-hydrogen) atoms. The lowest BCUT2D eigenvalue weighted by Crippen LogP contribution is -2.24. The van der Waals surface area contributed by atoms with Crippen LogP contribution in [0.5, 0.6) is 0 Å². The van der Waals surface area contributed by atoms with Crippen LogP contribution in [0.2, 0.25) is 0 Å². The summed E-state index contributed by atoms with van der Waals surface area (Å²) in [5.74, 6) is 0. The summed E-state index contributed by atoms with van der Waals surface area (Å²) in [4.78, 5) is 6.19. The predicted molar refractivity (Wildman–Crippen MR) is 56.3 cm³/mol. The molecular weight excluding hydrogens is 178 g/mol. The first-order valence-corrected chi connectivity index (χ1v) is 4.55. The van der Waals surface area contributed by atoms with Gasteiger partial charge in [-0.3, -0.25) is 0 Å². The van der Waals surface area contributed by atoms with Gasteiger partial charge in [-0.05, 0) is 18.2 Å². The number of likely N-dealkylation sites (N-methyl/N-ethyl adjacent to an activating group) is 1. The van der Waals surface area contributed by atoms with E-state index < -0.39 is 0 Å². The van der Waals surface area contributed by atoms with E-state index in [-0.39, 0.29) is 0 Å². The summed E-state index contributed by atoms with van der Waals surface area (Å²) >= 11 is 0. The molecule has 0 aliphatic rings. The third-order valence-corrected chi connectivity index (χ3v) is 2.22. The van der Waals surface area contributed by atoms with E-state index in [0.29, 0.717) is 6.54 Å². The molecule has 0 bridgehead atoms. The molecular formula is C10H13N3O. The van der Waals surface area contributed by atoms with Gasteiger partial charge in [-0.1, -0.05) is 0 Å². The van der Waals surface area contributed by atoms with E-state index in [1.54, 1.807) is 0 Å². The lowest BCUT2D eigenvalue weighted by atomic mass is 10.2. The number of oxazole rings is 1. The largest absolute Gasteiger partial charge is 0.443 e. The highest BCUT2D eigenvalue weighted by Crippen LogP contribution is 2.19. The first kappa shape index (κ1) is 9.02. The van der Waals surface area contributed by atoms with E-state index in [4.69, 9.17) is 10.2 Å². The van der Waals surface area contributed by atoms with Crippen molar-refractivity contribution in [2.45, 2.75) is 0 Å². The average molecular weight is 191 g/mol. The quantitative estimate of drug-likeness (QED) is 0.792. The Bertz CT molecular complexity index is 424. The summed E-state index contributed by atoms with van der Waals surface area (Å²) in [5, 5.41) is 0. The normalized spacial score (nSPS) is 10.7. The van der Waals surface area contributed by atoms with Gasteiger partial charge in [0.25, 0.3) is 0 Å². The fourth-order valence-corrected chi connectivity index (χ4v) is 1.41. The predicted octanol–water partition coefficient (Wildman–Crippen LogP) is 1.22. The molecule has 0 aliphatic heterocycles. The Morgan fingerprint density at radius 3 is 3.14 bits per heavy atom. The summed E-state index contributed by atoms with van der Waals surface area (Å²) < 4.78 is 5.16. The molecule has 2 N–H and O–H groups in total. The molecule has 1 aromatic carbocycles. The van der Waals surface area contributed by atoms with Crippen LogP contribution >= 0.6 is 0 Å². The zero-order valence-corrected chi connectivity index (χ0v) is 8.10. The smallest absolute Gasteiger partial charge is 0.181 e. The third kappa shape index (κ3) is 1.56. The minimum Gasteiger partial charge on any atom is -0.443 e. The van der Waals surface area contributed by atoms with Gasteiger partial charge in [0.1, 0.15) is 5.52 Å². The number of hydrogen-bond acceptors (Lipinski definition) is 4. The second kappa shape index (κ2) is 3.67. The van der Waals surface area contributed by atoms with Gasteiger partial charge in [0, 0.05) is 25.8 Å². The van der Waals surface area contributed by atoms with Crippen molar-refractivity contribution in [2.24, 2.45) is 5.73 Å². The van der Waals surface area contributed by atoms with Crippen molar-refractivity contribution < 1.29 is 4.42 Å². The molecule has 0 radical (unpaired) electrons. The maximum absolute atomic E-state index is 5.48. The molecule has 4 heteroatoms. The molecule has 2 aromatic rings. The van der Waals surface area contributed by atoms with Crippen molar-refractivity contribution in [2.75, 3.05) is 25.0 Å². The highest BCUT2D eigenvalue weighted by Gasteiger charge is 2.03. The van der Waals surface area contributed by atoms with Crippen LogP contribution in [-0.2, 0) is 0 Å². The van der Waals surface area contributed by atoms with Crippen LogP contribution in [0.4, 0.5) is 5.69 Å². The molecule has 2 rings (SSSR count). The molecule has 0 saturated heterocycles. The summed E-state index contributed by atoms with van der Waals surface area (Å²) in [6.45, 7) is 1.48. The van der Waals surface area contributed by atoms with Crippen LogP contribution in [0.1, 0.15) is 0 Å². The van der Waals surface area contributed by atoms with Gasteiger partial charge in [-0.15, -0.1) is 0 Å². The van der Waals surface area contributed by atoms with Crippen LogP contribution in [0.3, 0.4) is 0 Å². The fourth-order valence-electron chi connectivity index (χ4n) is 1.41. The number of nitrogens with zero attached hydrogens (tertiary/aromatic N) is 2. The number of benzene rings is 1. The second-order valence-electron chi connectivity index (χ2n) is 3.21. The van der Waals surface area contributed by atoms with Crippen LogP contribution in [-0.4, -0.2) is 25.1 Å². The Morgan fingerprint density at radius 2 is 2.36 bits per heavy atom. The molecule has 74 valence electrons. The molecule has 0 saturated carbocycles. The minimum atomic E-state index is 0.646. The van der Waals surface area contributed by atoms with Gasteiger partial charge >= 0.3 is 0 Å². The van der Waals surface area contributed by atoms with Crippen LogP contribution in [0.15, 0.2) is 29.0 Å². The Hall–Kier alpha value is -1.55. The van der Waals surface area contributed by atoms with Gasteiger partial charge in [-0.25, -0.2) is 4.98 Å². The van der Waals surface area contributed by atoms with E-state index in [9.17, 15) is 0 Å². The number of rotatable bonds is 3. The highest BCUT2D eigenvalue weighted by molar-refractivity contribution is 5.77. The van der Waals surface area contributed by atoms with Gasteiger partial charge in [0.15, 0.2) is 12.0 Å². The first-order valence-electron chi connectivity index (χ1n) is 4.55. The van der Waals surface area contributed by atoms with Crippen molar-refractivity contribution in [1.82, 2.24) is 4.98 Å². The number of nitrogens with two attached hydrogens (primary N) is 1. The lowest BCUT2D eigenvalue weighted by Gasteiger charge is -2.17. The number of hydrogen-bond donors (Lipinski definition) is 1. The second-order valence-corrected chi connectivity index (χ2v) is 3.21. The highest BCUT2D eigenvalue weighted by atomic mass is 16.3. The molecule has 1 heterocycles. The Labute approximate surface area is 82.3 Å². The van der Waals surface area contributed by atoms with Crippen molar-refractivity contribution in [1.29, 1.82) is 0 Å². The SMILES string of the molecule is CN(CCN)c1ccc2ocnc2c1. The zero-order chi connectivity index (χ0) is 9.97. The first-order chi connectivity index (χ1) is 6.81. The van der Waals surface area contributed by atoms with Gasteiger partial charge in [0.2, 0.25) is 0 Å². The molecule has 1 aromatic heterocycles. The van der Waals surface area contributed by atoms with Crippen LogP contribution in [0, 0.1) is 0 Å². The van der Waals surface area contributed by atoms with E-state index >= 15 is 0 Å². The van der Waals surface area contributed by atoms with E-state index in [1.165, 1.54) is 6.39 Å². The Balaban J connectivity index is 2.33. The topological polar surface area (TPSA) is 55.3 Å². The molecule has 0 atom stereocenters. The van der Waals surface area contributed by atoms with E-state index in [0.717, 1.165) is 23.3 Å². The molecule has 0 unspecified atom stereocenters. The third-order valence-electron chi connectivity index (χ3n) is 2.22. The van der Waals surface area contributed by atoms with Crippen molar-refractivity contribution in [3.63, 3.8) is 0 Å². The average Bonchev–Trinajstić information content (AvgIpc) is 2.64. The summed E-state index contributed by atoms with van der Waals surface area (Å²) in [7, 11) is 2.01. The number of fused-ring (bicyclic) bond motifs is 1. The minimum absolute atomic E-state index is 0.646. The maximum Gasteiger partial charge on any atom is 0.181 e. The molecule has 4 nitrogen and oxygen atoms in total. The summed E-state index contributed by atoms with van der Waals surface area (Å²) in [5.41, 5.74) is 8.29. The lowest BCUT2D eigenvalue weighted by molar-refractivity contribution is 0.602. The van der Waals surface area contributed by atoms with E-state index in [1.807, 2.05) is 25.2 Å². The zero-order valence-electron chi connectivity index (χ0n) is 8.10. The Morgan fingerprint density at radius 1 is 1.50 bits per heavy atom. The molecule has 0 fully saturated rings.